The average Bonchev–Trinajstić information content (AvgIpc) is 2.70. The maximum absolute atomic E-state index is 4.68. The van der Waals surface area contributed by atoms with Crippen molar-refractivity contribution in [3.63, 3.8) is 0 Å². The fourth-order valence-corrected chi connectivity index (χ4v) is 2.37. The van der Waals surface area contributed by atoms with E-state index in [1.807, 2.05) is 48.5 Å². The van der Waals surface area contributed by atoms with Gasteiger partial charge in [-0.3, -0.25) is 4.98 Å². The van der Waals surface area contributed by atoms with Crippen LogP contribution in [0.2, 0.25) is 0 Å². The van der Waals surface area contributed by atoms with Gasteiger partial charge in [-0.1, -0.05) is 30.3 Å². The molecule has 120 valence electrons. The lowest BCUT2D eigenvalue weighted by Gasteiger charge is -2.09. The number of rotatable bonds is 4. The molecule has 0 saturated heterocycles. The Balaban J connectivity index is 1.80. The highest BCUT2D eigenvalue weighted by Gasteiger charge is 2.09. The molecule has 1 aromatic carbocycles. The first-order valence-corrected chi connectivity index (χ1v) is 7.77. The lowest BCUT2D eigenvalue weighted by Crippen LogP contribution is -2.01. The second-order valence-electron chi connectivity index (χ2n) is 5.27. The molecule has 6 heteroatoms. The van der Waals surface area contributed by atoms with Gasteiger partial charge in [0.2, 0.25) is 5.95 Å². The van der Waals surface area contributed by atoms with Gasteiger partial charge in [0.15, 0.2) is 5.82 Å². The van der Waals surface area contributed by atoms with E-state index in [2.05, 4.69) is 30.2 Å². The number of aromatic nitrogens is 5. The summed E-state index contributed by atoms with van der Waals surface area (Å²) in [4.78, 5) is 21.8. The van der Waals surface area contributed by atoms with Crippen molar-refractivity contribution in [1.82, 2.24) is 24.9 Å². The maximum atomic E-state index is 4.68. The molecule has 0 aliphatic rings. The maximum Gasteiger partial charge on any atom is 0.228 e. The molecule has 0 fully saturated rings. The normalized spacial score (nSPS) is 10.4. The Labute approximate surface area is 144 Å². The molecule has 0 aliphatic heterocycles. The Morgan fingerprint density at radius 3 is 2.28 bits per heavy atom. The summed E-state index contributed by atoms with van der Waals surface area (Å²) < 4.78 is 0. The molecule has 0 amide bonds. The van der Waals surface area contributed by atoms with Gasteiger partial charge in [-0.05, 0) is 18.2 Å². The lowest BCUT2D eigenvalue weighted by molar-refractivity contribution is 1.12. The zero-order chi connectivity index (χ0) is 16.9. The van der Waals surface area contributed by atoms with Crippen LogP contribution in [-0.4, -0.2) is 24.9 Å². The molecular formula is C19H14N6. The minimum atomic E-state index is 0.484. The van der Waals surface area contributed by atoms with Crippen molar-refractivity contribution >= 4 is 11.8 Å². The smallest absolute Gasteiger partial charge is 0.228 e. The number of hydrogen-bond donors (Lipinski definition) is 1. The molecule has 4 aromatic rings. The number of benzene rings is 1. The monoisotopic (exact) mass is 326 g/mol. The first kappa shape index (κ1) is 14.9. The quantitative estimate of drug-likeness (QED) is 0.615. The summed E-state index contributed by atoms with van der Waals surface area (Å²) in [5, 5.41) is 3.13. The minimum absolute atomic E-state index is 0.484. The highest BCUT2D eigenvalue weighted by Crippen LogP contribution is 2.24. The molecule has 0 aliphatic carbocycles. The molecule has 3 heterocycles. The van der Waals surface area contributed by atoms with Crippen LogP contribution < -0.4 is 5.32 Å². The van der Waals surface area contributed by atoms with Gasteiger partial charge in [0.1, 0.15) is 5.82 Å². The van der Waals surface area contributed by atoms with Gasteiger partial charge in [0, 0.05) is 42.0 Å². The summed E-state index contributed by atoms with van der Waals surface area (Å²) in [7, 11) is 0. The summed E-state index contributed by atoms with van der Waals surface area (Å²) >= 11 is 0. The molecular weight excluding hydrogens is 312 g/mol. The molecule has 0 atom stereocenters. The topological polar surface area (TPSA) is 76.5 Å². The largest absolute Gasteiger partial charge is 0.309 e. The van der Waals surface area contributed by atoms with Crippen LogP contribution in [0.15, 0.2) is 79.4 Å². The highest BCUT2D eigenvalue weighted by molar-refractivity contribution is 5.68. The molecule has 0 saturated carbocycles. The van der Waals surface area contributed by atoms with E-state index in [0.717, 1.165) is 16.8 Å². The summed E-state index contributed by atoms with van der Waals surface area (Å²) in [6.45, 7) is 0. The molecule has 6 nitrogen and oxygen atoms in total. The van der Waals surface area contributed by atoms with E-state index in [-0.39, 0.29) is 0 Å². The number of hydrogen-bond acceptors (Lipinski definition) is 6. The molecule has 0 spiro atoms. The van der Waals surface area contributed by atoms with E-state index in [4.69, 9.17) is 0 Å². The first-order chi connectivity index (χ1) is 12.4. The fourth-order valence-electron chi connectivity index (χ4n) is 2.37. The third-order valence-corrected chi connectivity index (χ3v) is 3.52. The molecule has 25 heavy (non-hydrogen) atoms. The van der Waals surface area contributed by atoms with Gasteiger partial charge in [-0.2, -0.15) is 0 Å². The highest BCUT2D eigenvalue weighted by atomic mass is 15.1. The van der Waals surface area contributed by atoms with E-state index >= 15 is 0 Å². The second kappa shape index (κ2) is 6.84. The van der Waals surface area contributed by atoms with Crippen LogP contribution in [0.3, 0.4) is 0 Å². The molecule has 4 rings (SSSR count). The Morgan fingerprint density at radius 2 is 1.52 bits per heavy atom. The predicted molar refractivity (Wildman–Crippen MR) is 96.0 cm³/mol. The van der Waals surface area contributed by atoms with Crippen molar-refractivity contribution in [3.8, 4) is 22.6 Å². The predicted octanol–water partition coefficient (Wildman–Crippen LogP) is 3.74. The Morgan fingerprint density at radius 1 is 0.720 bits per heavy atom. The van der Waals surface area contributed by atoms with Gasteiger partial charge in [0.05, 0.1) is 5.69 Å². The van der Waals surface area contributed by atoms with E-state index in [0.29, 0.717) is 17.6 Å². The minimum Gasteiger partial charge on any atom is -0.309 e. The number of pyridine rings is 1. The number of nitrogens with one attached hydrogen (secondary N) is 1. The third-order valence-electron chi connectivity index (χ3n) is 3.52. The van der Waals surface area contributed by atoms with Crippen molar-refractivity contribution < 1.29 is 0 Å². The zero-order valence-corrected chi connectivity index (χ0v) is 13.2. The van der Waals surface area contributed by atoms with Crippen molar-refractivity contribution in [1.29, 1.82) is 0 Å². The van der Waals surface area contributed by atoms with Crippen LogP contribution >= 0.6 is 0 Å². The van der Waals surface area contributed by atoms with Crippen molar-refractivity contribution in [2.45, 2.75) is 0 Å². The average molecular weight is 326 g/mol. The van der Waals surface area contributed by atoms with Gasteiger partial charge >= 0.3 is 0 Å². The van der Waals surface area contributed by atoms with Crippen molar-refractivity contribution in [2.24, 2.45) is 0 Å². The van der Waals surface area contributed by atoms with Gasteiger partial charge in [-0.15, -0.1) is 0 Å². The SMILES string of the molecule is c1ccc(-c2nc(Nc3ncccn3)cc(-c3cccnc3)n2)cc1. The van der Waals surface area contributed by atoms with Crippen LogP contribution in [0.25, 0.3) is 22.6 Å². The summed E-state index contributed by atoms with van der Waals surface area (Å²) in [5.41, 5.74) is 2.63. The molecule has 1 N–H and O–H groups in total. The zero-order valence-electron chi connectivity index (χ0n) is 13.2. The van der Waals surface area contributed by atoms with Crippen LogP contribution in [0.1, 0.15) is 0 Å². The van der Waals surface area contributed by atoms with E-state index in [9.17, 15) is 0 Å². The Kier molecular flexibility index (Phi) is 4.07. The van der Waals surface area contributed by atoms with Crippen molar-refractivity contribution in [3.05, 3.63) is 79.4 Å². The van der Waals surface area contributed by atoms with Crippen LogP contribution in [0, 0.1) is 0 Å². The van der Waals surface area contributed by atoms with E-state index in [1.165, 1.54) is 0 Å². The van der Waals surface area contributed by atoms with Crippen LogP contribution in [0.4, 0.5) is 11.8 Å². The second-order valence-corrected chi connectivity index (χ2v) is 5.27. The number of anilines is 2. The third kappa shape index (κ3) is 3.48. The van der Waals surface area contributed by atoms with Gasteiger partial charge < -0.3 is 5.32 Å². The Hall–Kier alpha value is -3.67. The summed E-state index contributed by atoms with van der Waals surface area (Å²) in [6.07, 6.45) is 6.87. The molecule has 3 aromatic heterocycles. The van der Waals surface area contributed by atoms with Crippen LogP contribution in [0.5, 0.6) is 0 Å². The standard InChI is InChI=1S/C19H14N6/c1-2-6-14(7-3-1)18-23-16(15-8-4-9-20-13-15)12-17(24-18)25-19-21-10-5-11-22-19/h1-13H,(H,21,22,23,24,25). The first-order valence-electron chi connectivity index (χ1n) is 7.77. The molecule has 0 radical (unpaired) electrons. The number of nitrogens with zero attached hydrogens (tertiary/aromatic N) is 5. The van der Waals surface area contributed by atoms with Crippen LogP contribution in [-0.2, 0) is 0 Å². The molecule has 0 unspecified atom stereocenters. The lowest BCUT2D eigenvalue weighted by atomic mass is 10.1. The van der Waals surface area contributed by atoms with E-state index in [1.54, 1.807) is 30.9 Å². The molecule has 0 bridgehead atoms. The Bertz CT molecular complexity index is 901. The summed E-state index contributed by atoms with van der Waals surface area (Å²) in [5.74, 6) is 1.73. The fraction of sp³-hybridized carbons (Fsp3) is 0. The van der Waals surface area contributed by atoms with E-state index < -0.39 is 0 Å². The van der Waals surface area contributed by atoms with Gasteiger partial charge in [0.25, 0.3) is 0 Å². The summed E-state index contributed by atoms with van der Waals surface area (Å²) in [6, 6.07) is 17.3. The van der Waals surface area contributed by atoms with Gasteiger partial charge in [-0.25, -0.2) is 19.9 Å². The van der Waals surface area contributed by atoms with Crippen molar-refractivity contribution in [2.75, 3.05) is 5.32 Å².